The lowest BCUT2D eigenvalue weighted by Crippen LogP contribution is -2.31. The number of benzene rings is 2. The van der Waals surface area contributed by atoms with Gasteiger partial charge in [-0.05, 0) is 25.2 Å². The van der Waals surface area contributed by atoms with E-state index in [1.807, 2.05) is 0 Å². The number of nitrogens with one attached hydrogen (secondary N) is 1. The van der Waals surface area contributed by atoms with Gasteiger partial charge in [0.2, 0.25) is 16.1 Å². The molecule has 0 spiro atoms. The third kappa shape index (κ3) is 4.47. The lowest BCUT2D eigenvalue weighted by Gasteiger charge is -2.21. The molecule has 0 fully saturated rings. The predicted octanol–water partition coefficient (Wildman–Crippen LogP) is 1.58. The molecule has 26 heavy (non-hydrogen) atoms. The van der Waals surface area contributed by atoms with E-state index in [4.69, 9.17) is 4.74 Å². The Balaban J connectivity index is 2.33. The molecule has 0 radical (unpaired) electrons. The summed E-state index contributed by atoms with van der Waals surface area (Å²) in [6.07, 6.45) is -1.12. The molecule has 8 heteroatoms. The minimum absolute atomic E-state index is 0.0359. The molecule has 0 saturated heterocycles. The summed E-state index contributed by atoms with van der Waals surface area (Å²) in [7, 11) is 0.705. The summed E-state index contributed by atoms with van der Waals surface area (Å²) in [4.78, 5) is 26.2. The fraction of sp³-hybridized carbons (Fsp3) is 0.222. The molecule has 2 rings (SSSR count). The monoisotopic (exact) mass is 376 g/mol. The van der Waals surface area contributed by atoms with Crippen LogP contribution in [-0.2, 0) is 19.6 Å². The first-order valence-corrected chi connectivity index (χ1v) is 9.25. The molecule has 0 saturated carbocycles. The number of ether oxygens (including phenoxy) is 1. The number of nitrogens with zero attached hydrogens (tertiary/aromatic N) is 1. The van der Waals surface area contributed by atoms with Crippen LogP contribution < -0.4 is 4.72 Å². The highest BCUT2D eigenvalue weighted by Crippen LogP contribution is 2.22. The van der Waals surface area contributed by atoms with Crippen LogP contribution in [0, 0.1) is 0 Å². The maximum atomic E-state index is 12.5. The summed E-state index contributed by atoms with van der Waals surface area (Å²) in [5, 5.41) is 0. The molecule has 0 aromatic heterocycles. The van der Waals surface area contributed by atoms with Gasteiger partial charge in [-0.2, -0.15) is 0 Å². The molecule has 138 valence electrons. The third-order valence-corrected chi connectivity index (χ3v) is 5.05. The van der Waals surface area contributed by atoms with Gasteiger partial charge in [-0.15, -0.1) is 0 Å². The second-order valence-corrected chi connectivity index (χ2v) is 7.55. The number of carbonyl (C=O) groups is 2. The van der Waals surface area contributed by atoms with Crippen molar-refractivity contribution in [3.05, 3.63) is 65.7 Å². The Morgan fingerprint density at radius 3 is 2.27 bits per heavy atom. The van der Waals surface area contributed by atoms with Crippen molar-refractivity contribution < 1.29 is 22.7 Å². The van der Waals surface area contributed by atoms with Gasteiger partial charge in [0.15, 0.2) is 0 Å². The first-order chi connectivity index (χ1) is 12.3. The van der Waals surface area contributed by atoms with E-state index >= 15 is 0 Å². The van der Waals surface area contributed by atoms with Gasteiger partial charge in [0, 0.05) is 19.7 Å². The zero-order chi connectivity index (χ0) is 19.3. The molecular formula is C18H20N2O5S. The fourth-order valence-electron chi connectivity index (χ4n) is 2.21. The summed E-state index contributed by atoms with van der Waals surface area (Å²) >= 11 is 0. The van der Waals surface area contributed by atoms with Gasteiger partial charge in [0.1, 0.15) is 0 Å². The minimum atomic E-state index is -3.70. The van der Waals surface area contributed by atoms with Gasteiger partial charge in [-0.1, -0.05) is 36.4 Å². The van der Waals surface area contributed by atoms with Crippen molar-refractivity contribution in [1.29, 1.82) is 0 Å². The number of hydrogen-bond donors (Lipinski definition) is 1. The van der Waals surface area contributed by atoms with Crippen molar-refractivity contribution in [2.24, 2.45) is 0 Å². The summed E-state index contributed by atoms with van der Waals surface area (Å²) in [5.74, 6) is -1.19. The van der Waals surface area contributed by atoms with Crippen molar-refractivity contribution in [2.75, 3.05) is 21.1 Å². The lowest BCUT2D eigenvalue weighted by atomic mass is 10.1. The number of carbonyl (C=O) groups excluding carboxylic acids is 2. The molecule has 7 nitrogen and oxygen atoms in total. The molecule has 1 atom stereocenters. The van der Waals surface area contributed by atoms with Crippen LogP contribution in [0.5, 0.6) is 0 Å². The zero-order valence-electron chi connectivity index (χ0n) is 14.7. The average Bonchev–Trinajstić information content (AvgIpc) is 2.66. The van der Waals surface area contributed by atoms with Crippen molar-refractivity contribution in [3.8, 4) is 0 Å². The first-order valence-electron chi connectivity index (χ1n) is 7.77. The van der Waals surface area contributed by atoms with Crippen LogP contribution in [0.4, 0.5) is 0 Å². The highest BCUT2D eigenvalue weighted by molar-refractivity contribution is 7.89. The second-order valence-electron chi connectivity index (χ2n) is 5.66. The van der Waals surface area contributed by atoms with E-state index in [0.29, 0.717) is 5.56 Å². The normalized spacial score (nSPS) is 12.3. The fourth-order valence-corrected chi connectivity index (χ4v) is 2.98. The molecule has 1 N–H and O–H groups in total. The Bertz CT molecular complexity index is 895. The van der Waals surface area contributed by atoms with Crippen LogP contribution in [0.25, 0.3) is 0 Å². The molecule has 0 unspecified atom stereocenters. The Morgan fingerprint density at radius 1 is 1.04 bits per heavy atom. The van der Waals surface area contributed by atoms with Crippen LogP contribution in [0.3, 0.4) is 0 Å². The summed E-state index contributed by atoms with van der Waals surface area (Å²) in [5.41, 5.74) is 0.562. The highest BCUT2D eigenvalue weighted by Gasteiger charge is 2.27. The number of rotatable bonds is 6. The van der Waals surface area contributed by atoms with Gasteiger partial charge in [-0.3, -0.25) is 4.79 Å². The largest absolute Gasteiger partial charge is 0.444 e. The van der Waals surface area contributed by atoms with Crippen LogP contribution in [0.15, 0.2) is 59.5 Å². The van der Waals surface area contributed by atoms with Gasteiger partial charge >= 0.3 is 5.97 Å². The summed E-state index contributed by atoms with van der Waals surface area (Å²) < 4.78 is 31.4. The Hall–Kier alpha value is -2.71. The van der Waals surface area contributed by atoms with E-state index in [1.54, 1.807) is 44.4 Å². The molecule has 0 aliphatic rings. The van der Waals surface area contributed by atoms with E-state index in [2.05, 4.69) is 4.72 Å². The SMILES string of the molecule is CNS(=O)(=O)c1cccc(C(=O)O[C@@H](C(=O)N(C)C)c2ccccc2)c1. The van der Waals surface area contributed by atoms with Gasteiger partial charge in [-0.25, -0.2) is 17.9 Å². The Labute approximate surface area is 152 Å². The maximum absolute atomic E-state index is 12.5. The van der Waals surface area contributed by atoms with Crippen molar-refractivity contribution in [2.45, 2.75) is 11.0 Å². The van der Waals surface area contributed by atoms with Gasteiger partial charge < -0.3 is 9.64 Å². The Morgan fingerprint density at radius 2 is 1.69 bits per heavy atom. The second kappa shape index (κ2) is 8.11. The number of likely N-dealkylation sites (N-methyl/N-ethyl adjacent to an activating group) is 1. The molecule has 2 aromatic rings. The highest BCUT2D eigenvalue weighted by atomic mass is 32.2. The van der Waals surface area contributed by atoms with Gasteiger partial charge in [0.25, 0.3) is 5.91 Å². The van der Waals surface area contributed by atoms with Crippen LogP contribution >= 0.6 is 0 Å². The summed E-state index contributed by atoms with van der Waals surface area (Å²) in [6, 6.07) is 14.1. The van der Waals surface area contributed by atoms with E-state index in [9.17, 15) is 18.0 Å². The smallest absolute Gasteiger partial charge is 0.339 e. The molecule has 0 heterocycles. The van der Waals surface area contributed by atoms with Crippen molar-refractivity contribution in [1.82, 2.24) is 9.62 Å². The average molecular weight is 376 g/mol. The third-order valence-electron chi connectivity index (χ3n) is 3.64. The molecule has 1 amide bonds. The molecule has 0 bridgehead atoms. The van der Waals surface area contributed by atoms with Crippen LogP contribution in [0.2, 0.25) is 0 Å². The van der Waals surface area contributed by atoms with E-state index in [0.717, 1.165) is 0 Å². The number of sulfonamides is 1. The van der Waals surface area contributed by atoms with E-state index in [-0.39, 0.29) is 10.5 Å². The molecule has 0 aliphatic heterocycles. The number of amides is 1. The maximum Gasteiger partial charge on any atom is 0.339 e. The van der Waals surface area contributed by atoms with E-state index < -0.39 is 28.0 Å². The van der Waals surface area contributed by atoms with Gasteiger partial charge in [0.05, 0.1) is 10.5 Å². The van der Waals surface area contributed by atoms with Crippen LogP contribution in [-0.4, -0.2) is 46.3 Å². The Kier molecular flexibility index (Phi) is 6.12. The standard InChI is InChI=1S/C18H20N2O5S/c1-19-26(23,24)15-11-7-10-14(12-15)18(22)25-16(17(21)20(2)3)13-8-5-4-6-9-13/h4-12,16,19H,1-3H3/t16-/m1/s1. The molecule has 2 aromatic carbocycles. The van der Waals surface area contributed by atoms with Crippen LogP contribution in [0.1, 0.15) is 22.0 Å². The quantitative estimate of drug-likeness (QED) is 0.773. The minimum Gasteiger partial charge on any atom is -0.444 e. The number of hydrogen-bond acceptors (Lipinski definition) is 5. The summed E-state index contributed by atoms with van der Waals surface area (Å²) in [6.45, 7) is 0. The topological polar surface area (TPSA) is 92.8 Å². The van der Waals surface area contributed by atoms with E-state index in [1.165, 1.54) is 36.2 Å². The number of esters is 1. The molecular weight excluding hydrogens is 356 g/mol. The predicted molar refractivity (Wildman–Crippen MR) is 96.0 cm³/mol. The first kappa shape index (κ1) is 19.6. The lowest BCUT2D eigenvalue weighted by molar-refractivity contribution is -0.138. The zero-order valence-corrected chi connectivity index (χ0v) is 15.5. The molecule has 0 aliphatic carbocycles. The van der Waals surface area contributed by atoms with Crippen molar-refractivity contribution in [3.63, 3.8) is 0 Å². The van der Waals surface area contributed by atoms with Crippen molar-refractivity contribution >= 4 is 21.9 Å².